The third kappa shape index (κ3) is 4.00. The molecule has 0 atom stereocenters. The molecule has 0 saturated carbocycles. The van der Waals surface area contributed by atoms with Crippen molar-refractivity contribution in [3.05, 3.63) is 59.2 Å². The molecule has 1 aliphatic heterocycles. The molecule has 0 aliphatic carbocycles. The number of rotatable bonds is 5. The lowest BCUT2D eigenvalue weighted by Crippen LogP contribution is -2.36. The van der Waals surface area contributed by atoms with Crippen LogP contribution in [-0.2, 0) is 0 Å². The number of carbonyl (C=O) groups excluding carboxylic acids is 1. The highest BCUT2D eigenvalue weighted by atomic mass is 35.5. The predicted octanol–water partition coefficient (Wildman–Crippen LogP) is 4.84. The van der Waals surface area contributed by atoms with Crippen LogP contribution in [0.15, 0.2) is 48.5 Å². The molecule has 0 unspecified atom stereocenters. The fraction of sp³-hybridized carbons (Fsp3) is 0.304. The van der Waals surface area contributed by atoms with Gasteiger partial charge in [-0.2, -0.15) is 5.10 Å². The molecule has 0 N–H and O–H groups in total. The van der Waals surface area contributed by atoms with E-state index in [0.29, 0.717) is 27.9 Å². The smallest absolute Gasteiger partial charge is 0.272 e. The van der Waals surface area contributed by atoms with Crippen LogP contribution in [0.4, 0.5) is 0 Å². The van der Waals surface area contributed by atoms with Crippen molar-refractivity contribution in [2.45, 2.75) is 19.3 Å². The summed E-state index contributed by atoms with van der Waals surface area (Å²) in [5.74, 6) is 1.31. The number of hydrogen-bond acceptors (Lipinski definition) is 4. The van der Waals surface area contributed by atoms with E-state index in [0.717, 1.165) is 43.6 Å². The molecule has 1 aliphatic rings. The molecule has 0 spiro atoms. The number of nitrogens with zero attached hydrogens (tertiary/aromatic N) is 3. The molecule has 1 fully saturated rings. The van der Waals surface area contributed by atoms with Crippen molar-refractivity contribution in [3.8, 4) is 28.4 Å². The zero-order valence-electron chi connectivity index (χ0n) is 17.1. The number of hydrogen-bond donors (Lipinski definition) is 0. The number of amides is 1. The van der Waals surface area contributed by atoms with Gasteiger partial charge in [-0.3, -0.25) is 4.79 Å². The van der Waals surface area contributed by atoms with E-state index in [2.05, 4.69) is 0 Å². The van der Waals surface area contributed by atoms with Gasteiger partial charge in [0.15, 0.2) is 0 Å². The molecule has 30 heavy (non-hydrogen) atoms. The summed E-state index contributed by atoms with van der Waals surface area (Å²) in [5, 5.41) is 5.40. The van der Waals surface area contributed by atoms with E-state index in [9.17, 15) is 4.79 Å². The van der Waals surface area contributed by atoms with Crippen molar-refractivity contribution in [3.63, 3.8) is 0 Å². The van der Waals surface area contributed by atoms with E-state index in [-0.39, 0.29) is 5.91 Å². The van der Waals surface area contributed by atoms with Crippen LogP contribution in [0, 0.1) is 0 Å². The Morgan fingerprint density at radius 1 is 0.967 bits per heavy atom. The Hall–Kier alpha value is -2.99. The second kappa shape index (κ2) is 8.79. The van der Waals surface area contributed by atoms with Crippen LogP contribution in [0.5, 0.6) is 11.5 Å². The van der Waals surface area contributed by atoms with Gasteiger partial charge >= 0.3 is 0 Å². The highest BCUT2D eigenvalue weighted by Gasteiger charge is 2.25. The van der Waals surface area contributed by atoms with Gasteiger partial charge in [-0.05, 0) is 61.7 Å². The normalized spacial score (nSPS) is 13.9. The van der Waals surface area contributed by atoms with Crippen molar-refractivity contribution < 1.29 is 14.3 Å². The monoisotopic (exact) mass is 425 g/mol. The number of aromatic nitrogens is 2. The number of carbonyl (C=O) groups is 1. The minimum absolute atomic E-state index is 0.0177. The lowest BCUT2D eigenvalue weighted by molar-refractivity contribution is 0.0715. The first-order valence-corrected chi connectivity index (χ1v) is 10.4. The number of benzene rings is 2. The second-order valence-corrected chi connectivity index (χ2v) is 7.66. The van der Waals surface area contributed by atoms with Crippen LogP contribution in [0.2, 0.25) is 5.02 Å². The fourth-order valence-electron chi connectivity index (χ4n) is 3.71. The summed E-state index contributed by atoms with van der Waals surface area (Å²) in [5.41, 5.74) is 2.74. The quantitative estimate of drug-likeness (QED) is 0.587. The van der Waals surface area contributed by atoms with E-state index < -0.39 is 0 Å². The molecule has 2 heterocycles. The summed E-state index contributed by atoms with van der Waals surface area (Å²) in [6, 6.07) is 14.7. The Bertz CT molecular complexity index is 1040. The standard InChI is InChI=1S/C23H24ClN3O3/c1-29-18-10-11-19(22(14-18)30-2)20-15-21(23(28)26-12-4-3-5-13-26)27(25-20)17-8-6-16(24)7-9-17/h6-11,14-15H,3-5,12-13H2,1-2H3. The SMILES string of the molecule is COc1ccc(-c2cc(C(=O)N3CCCCC3)n(-c3ccc(Cl)cc3)n2)c(OC)c1. The number of halogens is 1. The second-order valence-electron chi connectivity index (χ2n) is 7.22. The highest BCUT2D eigenvalue weighted by Crippen LogP contribution is 2.34. The largest absolute Gasteiger partial charge is 0.497 e. The number of ether oxygens (including phenoxy) is 2. The molecule has 0 radical (unpaired) electrons. The molecule has 2 aromatic carbocycles. The minimum atomic E-state index is -0.0177. The van der Waals surface area contributed by atoms with Gasteiger partial charge in [-0.15, -0.1) is 0 Å². The average Bonchev–Trinajstić information content (AvgIpc) is 3.24. The Morgan fingerprint density at radius 2 is 1.70 bits per heavy atom. The van der Waals surface area contributed by atoms with Gasteiger partial charge in [0, 0.05) is 29.7 Å². The molecule has 0 bridgehead atoms. The Morgan fingerprint density at radius 3 is 2.37 bits per heavy atom. The lowest BCUT2D eigenvalue weighted by Gasteiger charge is -2.26. The van der Waals surface area contributed by atoms with Crippen molar-refractivity contribution in [2.24, 2.45) is 0 Å². The maximum Gasteiger partial charge on any atom is 0.272 e. The van der Waals surface area contributed by atoms with E-state index >= 15 is 0 Å². The van der Waals surface area contributed by atoms with Gasteiger partial charge in [-0.25, -0.2) is 4.68 Å². The number of piperidine rings is 1. The highest BCUT2D eigenvalue weighted by molar-refractivity contribution is 6.30. The molecule has 4 rings (SSSR count). The average molecular weight is 426 g/mol. The minimum Gasteiger partial charge on any atom is -0.497 e. The van der Waals surface area contributed by atoms with Crippen LogP contribution in [0.3, 0.4) is 0 Å². The Kier molecular flexibility index (Phi) is 5.95. The topological polar surface area (TPSA) is 56.6 Å². The molecular weight excluding hydrogens is 402 g/mol. The van der Waals surface area contributed by atoms with Gasteiger partial charge in [0.2, 0.25) is 0 Å². The van der Waals surface area contributed by atoms with E-state index in [1.54, 1.807) is 31.0 Å². The van der Waals surface area contributed by atoms with Crippen molar-refractivity contribution in [1.29, 1.82) is 0 Å². The predicted molar refractivity (Wildman–Crippen MR) is 117 cm³/mol. The summed E-state index contributed by atoms with van der Waals surface area (Å²) in [6.07, 6.45) is 3.22. The van der Waals surface area contributed by atoms with Crippen LogP contribution in [-0.4, -0.2) is 47.9 Å². The maximum atomic E-state index is 13.3. The molecular formula is C23H24ClN3O3. The van der Waals surface area contributed by atoms with E-state index in [1.165, 1.54) is 0 Å². The molecule has 156 valence electrons. The van der Waals surface area contributed by atoms with Crippen molar-refractivity contribution in [2.75, 3.05) is 27.3 Å². The molecule has 1 saturated heterocycles. The van der Waals surface area contributed by atoms with Gasteiger partial charge in [0.1, 0.15) is 17.2 Å². The summed E-state index contributed by atoms with van der Waals surface area (Å²) >= 11 is 6.06. The first-order valence-electron chi connectivity index (χ1n) is 9.98. The molecule has 1 amide bonds. The number of methoxy groups -OCH3 is 2. The first-order chi connectivity index (χ1) is 14.6. The van der Waals surface area contributed by atoms with Crippen LogP contribution < -0.4 is 9.47 Å². The zero-order chi connectivity index (χ0) is 21.1. The maximum absolute atomic E-state index is 13.3. The van der Waals surface area contributed by atoms with Gasteiger partial charge in [0.05, 0.1) is 25.6 Å². The van der Waals surface area contributed by atoms with Crippen molar-refractivity contribution >= 4 is 17.5 Å². The van der Waals surface area contributed by atoms with Gasteiger partial charge < -0.3 is 14.4 Å². The van der Waals surface area contributed by atoms with Crippen LogP contribution in [0.1, 0.15) is 29.8 Å². The number of likely N-dealkylation sites (tertiary alicyclic amines) is 1. The zero-order valence-corrected chi connectivity index (χ0v) is 17.9. The van der Waals surface area contributed by atoms with Crippen molar-refractivity contribution in [1.82, 2.24) is 14.7 Å². The summed E-state index contributed by atoms with van der Waals surface area (Å²) in [7, 11) is 3.22. The lowest BCUT2D eigenvalue weighted by atomic mass is 10.1. The van der Waals surface area contributed by atoms with Gasteiger partial charge in [0.25, 0.3) is 5.91 Å². The van der Waals surface area contributed by atoms with Crippen LogP contribution in [0.25, 0.3) is 16.9 Å². The molecule has 1 aromatic heterocycles. The molecule has 3 aromatic rings. The van der Waals surface area contributed by atoms with Crippen LogP contribution >= 0.6 is 11.6 Å². The first kappa shape index (κ1) is 20.3. The third-order valence-corrected chi connectivity index (χ3v) is 5.58. The molecule has 6 nitrogen and oxygen atoms in total. The summed E-state index contributed by atoms with van der Waals surface area (Å²) in [4.78, 5) is 15.3. The Labute approximate surface area is 181 Å². The summed E-state index contributed by atoms with van der Waals surface area (Å²) in [6.45, 7) is 1.54. The fourth-order valence-corrected chi connectivity index (χ4v) is 3.84. The van der Waals surface area contributed by atoms with E-state index in [4.69, 9.17) is 26.2 Å². The summed E-state index contributed by atoms with van der Waals surface area (Å²) < 4.78 is 12.5. The molecule has 7 heteroatoms. The third-order valence-electron chi connectivity index (χ3n) is 5.33. The Balaban J connectivity index is 1.81. The van der Waals surface area contributed by atoms with E-state index in [1.807, 2.05) is 41.3 Å². The van der Waals surface area contributed by atoms with Gasteiger partial charge in [-0.1, -0.05) is 11.6 Å².